The molecule has 0 saturated heterocycles. The van der Waals surface area contributed by atoms with Gasteiger partial charge in [0.2, 0.25) is 0 Å². The van der Waals surface area contributed by atoms with Crippen molar-refractivity contribution in [2.45, 2.75) is 26.8 Å². The summed E-state index contributed by atoms with van der Waals surface area (Å²) >= 11 is 0. The SMILES string of the molecule is CN=C(NCCc1cc(F)ccc1F)NCc1ccccc1-n1nc(C)cc1C. The van der Waals surface area contributed by atoms with Crippen LogP contribution in [-0.4, -0.2) is 29.3 Å². The van der Waals surface area contributed by atoms with Crippen molar-refractivity contribution in [3.05, 3.63) is 82.7 Å². The zero-order chi connectivity index (χ0) is 20.8. The Kier molecular flexibility index (Phi) is 6.59. The van der Waals surface area contributed by atoms with Gasteiger partial charge in [-0.15, -0.1) is 0 Å². The third kappa shape index (κ3) is 5.19. The molecule has 2 N–H and O–H groups in total. The van der Waals surface area contributed by atoms with Crippen molar-refractivity contribution in [2.24, 2.45) is 4.99 Å². The predicted molar refractivity (Wildman–Crippen MR) is 111 cm³/mol. The highest BCUT2D eigenvalue weighted by Crippen LogP contribution is 2.17. The fourth-order valence-corrected chi connectivity index (χ4v) is 3.19. The minimum atomic E-state index is -0.440. The maximum absolute atomic E-state index is 13.7. The predicted octanol–water partition coefficient (Wildman–Crippen LogP) is 3.68. The van der Waals surface area contributed by atoms with E-state index in [1.54, 1.807) is 7.05 Å². The van der Waals surface area contributed by atoms with Gasteiger partial charge in [0.1, 0.15) is 11.6 Å². The van der Waals surface area contributed by atoms with Crippen molar-refractivity contribution >= 4 is 5.96 Å². The topological polar surface area (TPSA) is 54.2 Å². The van der Waals surface area contributed by atoms with Gasteiger partial charge in [-0.2, -0.15) is 5.10 Å². The first kappa shape index (κ1) is 20.5. The van der Waals surface area contributed by atoms with E-state index in [4.69, 9.17) is 0 Å². The van der Waals surface area contributed by atoms with Crippen LogP contribution in [0.15, 0.2) is 53.5 Å². The number of aromatic nitrogens is 2. The van der Waals surface area contributed by atoms with Crippen LogP contribution in [0.1, 0.15) is 22.5 Å². The highest BCUT2D eigenvalue weighted by molar-refractivity contribution is 5.79. The van der Waals surface area contributed by atoms with Gasteiger partial charge < -0.3 is 10.6 Å². The molecule has 7 heteroatoms. The lowest BCUT2D eigenvalue weighted by molar-refractivity contribution is 0.583. The Morgan fingerprint density at radius 3 is 2.55 bits per heavy atom. The summed E-state index contributed by atoms with van der Waals surface area (Å²) in [7, 11) is 1.67. The lowest BCUT2D eigenvalue weighted by Gasteiger charge is -2.15. The molecule has 0 aliphatic carbocycles. The van der Waals surface area contributed by atoms with E-state index in [0.29, 0.717) is 31.0 Å². The quantitative estimate of drug-likeness (QED) is 0.493. The van der Waals surface area contributed by atoms with Crippen LogP contribution in [0.4, 0.5) is 8.78 Å². The summed E-state index contributed by atoms with van der Waals surface area (Å²) < 4.78 is 28.9. The molecular weight excluding hydrogens is 372 g/mol. The molecule has 3 rings (SSSR count). The second-order valence-electron chi connectivity index (χ2n) is 6.81. The van der Waals surface area contributed by atoms with E-state index < -0.39 is 11.6 Å². The van der Waals surface area contributed by atoms with Gasteiger partial charge in [0, 0.05) is 25.8 Å². The molecule has 0 atom stereocenters. The average Bonchev–Trinajstić information content (AvgIpc) is 3.05. The van der Waals surface area contributed by atoms with Crippen LogP contribution < -0.4 is 10.6 Å². The molecule has 5 nitrogen and oxygen atoms in total. The number of aryl methyl sites for hydroxylation is 2. The number of guanidine groups is 1. The third-order valence-electron chi connectivity index (χ3n) is 4.59. The highest BCUT2D eigenvalue weighted by Gasteiger charge is 2.09. The van der Waals surface area contributed by atoms with Gasteiger partial charge >= 0.3 is 0 Å². The van der Waals surface area contributed by atoms with Crippen molar-refractivity contribution in [1.82, 2.24) is 20.4 Å². The molecule has 152 valence electrons. The van der Waals surface area contributed by atoms with Gasteiger partial charge in [-0.3, -0.25) is 4.99 Å². The van der Waals surface area contributed by atoms with E-state index in [1.165, 1.54) is 6.07 Å². The first-order chi connectivity index (χ1) is 14.0. The second kappa shape index (κ2) is 9.32. The number of nitrogens with one attached hydrogen (secondary N) is 2. The molecule has 0 spiro atoms. The lowest BCUT2D eigenvalue weighted by Crippen LogP contribution is -2.38. The van der Waals surface area contributed by atoms with Gasteiger partial charge in [0.15, 0.2) is 5.96 Å². The molecule has 1 heterocycles. The van der Waals surface area contributed by atoms with Crippen LogP contribution in [0.2, 0.25) is 0 Å². The summed E-state index contributed by atoms with van der Waals surface area (Å²) in [6, 6.07) is 13.5. The zero-order valence-electron chi connectivity index (χ0n) is 16.8. The van der Waals surface area contributed by atoms with Crippen LogP contribution in [-0.2, 0) is 13.0 Å². The molecule has 1 aromatic heterocycles. The van der Waals surface area contributed by atoms with Crippen molar-refractivity contribution < 1.29 is 8.78 Å². The van der Waals surface area contributed by atoms with Crippen molar-refractivity contribution in [3.8, 4) is 5.69 Å². The molecule has 0 bridgehead atoms. The van der Waals surface area contributed by atoms with Crippen LogP contribution in [0.5, 0.6) is 0 Å². The summed E-state index contributed by atoms with van der Waals surface area (Å²) in [5.74, 6) is -0.260. The number of hydrogen-bond donors (Lipinski definition) is 2. The van der Waals surface area contributed by atoms with Crippen molar-refractivity contribution in [3.63, 3.8) is 0 Å². The molecule has 0 unspecified atom stereocenters. The van der Waals surface area contributed by atoms with Gasteiger partial charge in [0.25, 0.3) is 0 Å². The second-order valence-corrected chi connectivity index (χ2v) is 6.81. The fourth-order valence-electron chi connectivity index (χ4n) is 3.19. The monoisotopic (exact) mass is 397 g/mol. The zero-order valence-corrected chi connectivity index (χ0v) is 16.8. The van der Waals surface area contributed by atoms with E-state index in [0.717, 1.165) is 34.8 Å². The Morgan fingerprint density at radius 1 is 1.03 bits per heavy atom. The van der Waals surface area contributed by atoms with E-state index in [1.807, 2.05) is 48.9 Å². The number of hydrogen-bond acceptors (Lipinski definition) is 2. The Hall–Kier alpha value is -3.22. The van der Waals surface area contributed by atoms with Gasteiger partial charge in [0.05, 0.1) is 11.4 Å². The van der Waals surface area contributed by atoms with Gasteiger partial charge in [-0.05, 0) is 61.7 Å². The molecule has 0 aliphatic rings. The normalized spacial score (nSPS) is 11.6. The summed E-state index contributed by atoms with van der Waals surface area (Å²) in [5, 5.41) is 11.0. The smallest absolute Gasteiger partial charge is 0.191 e. The average molecular weight is 397 g/mol. The Balaban J connectivity index is 1.62. The third-order valence-corrected chi connectivity index (χ3v) is 4.59. The Morgan fingerprint density at radius 2 is 1.83 bits per heavy atom. The Bertz CT molecular complexity index is 1010. The molecule has 0 amide bonds. The van der Waals surface area contributed by atoms with Crippen LogP contribution >= 0.6 is 0 Å². The number of nitrogens with zero attached hydrogens (tertiary/aromatic N) is 3. The first-order valence-corrected chi connectivity index (χ1v) is 9.48. The maximum atomic E-state index is 13.7. The van der Waals surface area contributed by atoms with Crippen LogP contribution in [0.3, 0.4) is 0 Å². The molecule has 2 aromatic carbocycles. The van der Waals surface area contributed by atoms with E-state index in [2.05, 4.69) is 20.7 Å². The van der Waals surface area contributed by atoms with Gasteiger partial charge in [-0.25, -0.2) is 13.5 Å². The summed E-state index contributed by atoms with van der Waals surface area (Å²) in [6.07, 6.45) is 0.354. The van der Waals surface area contributed by atoms with E-state index in [9.17, 15) is 8.78 Å². The fraction of sp³-hybridized carbons (Fsp3) is 0.273. The molecule has 0 radical (unpaired) electrons. The largest absolute Gasteiger partial charge is 0.356 e. The summed E-state index contributed by atoms with van der Waals surface area (Å²) in [5.41, 5.74) is 4.44. The molecule has 0 fully saturated rings. The van der Waals surface area contributed by atoms with E-state index in [-0.39, 0.29) is 0 Å². The van der Waals surface area contributed by atoms with E-state index >= 15 is 0 Å². The molecular formula is C22H25F2N5. The number of para-hydroxylation sites is 1. The van der Waals surface area contributed by atoms with Crippen molar-refractivity contribution in [2.75, 3.05) is 13.6 Å². The first-order valence-electron chi connectivity index (χ1n) is 9.48. The maximum Gasteiger partial charge on any atom is 0.191 e. The molecule has 3 aromatic rings. The number of halogens is 2. The number of benzene rings is 2. The number of aliphatic imine (C=N–C) groups is 1. The molecule has 29 heavy (non-hydrogen) atoms. The standard InChI is InChI=1S/C22H25F2N5/c1-15-12-16(2)29(28-15)21-7-5-4-6-18(21)14-27-22(25-3)26-11-10-17-13-19(23)8-9-20(17)24/h4-9,12-13H,10-11,14H2,1-3H3,(H2,25,26,27). The summed E-state index contributed by atoms with van der Waals surface area (Å²) in [6.45, 7) is 4.97. The van der Waals surface area contributed by atoms with Crippen molar-refractivity contribution in [1.29, 1.82) is 0 Å². The van der Waals surface area contributed by atoms with Gasteiger partial charge in [-0.1, -0.05) is 18.2 Å². The van der Waals surface area contributed by atoms with Crippen LogP contribution in [0.25, 0.3) is 5.69 Å². The molecule has 0 aliphatic heterocycles. The minimum Gasteiger partial charge on any atom is -0.356 e. The number of rotatable bonds is 6. The Labute approximate surface area is 169 Å². The highest BCUT2D eigenvalue weighted by atomic mass is 19.1. The van der Waals surface area contributed by atoms with Crippen LogP contribution in [0, 0.1) is 25.5 Å². The molecule has 0 saturated carbocycles. The minimum absolute atomic E-state index is 0.336. The lowest BCUT2D eigenvalue weighted by atomic mass is 10.1. The summed E-state index contributed by atoms with van der Waals surface area (Å²) in [4.78, 5) is 4.20.